The number of Topliss-reactive ketones (excluding diaryl/α,β-unsaturated/α-hetero) is 3. The minimum Gasteiger partial charge on any atom is -0.460 e. The van der Waals surface area contributed by atoms with E-state index in [0.717, 1.165) is 18.4 Å². The second-order valence-electron chi connectivity index (χ2n) is 19.0. The molecule has 0 aromatic carbocycles. The summed E-state index contributed by atoms with van der Waals surface area (Å²) < 4.78 is 18.1. The van der Waals surface area contributed by atoms with Gasteiger partial charge < -0.3 is 39.5 Å². The summed E-state index contributed by atoms with van der Waals surface area (Å²) in [6.07, 6.45) is 11.8. The minimum atomic E-state index is -2.42. The van der Waals surface area contributed by atoms with Crippen LogP contribution < -0.4 is 0 Å². The van der Waals surface area contributed by atoms with Crippen molar-refractivity contribution in [2.45, 2.75) is 180 Å². The van der Waals surface area contributed by atoms with Gasteiger partial charge in [-0.15, -0.1) is 0 Å². The molecule has 3 heterocycles. The molecule has 0 spiro atoms. The number of cyclic esters (lactones) is 1. The first-order chi connectivity index (χ1) is 29.3. The normalized spacial score (nSPS) is 40.6. The van der Waals surface area contributed by atoms with Crippen molar-refractivity contribution in [2.75, 3.05) is 13.7 Å². The third-order valence-electron chi connectivity index (χ3n) is 13.9. The number of amides is 1. The van der Waals surface area contributed by atoms with E-state index in [1.165, 1.54) is 11.0 Å². The summed E-state index contributed by atoms with van der Waals surface area (Å²) >= 11 is 0. The van der Waals surface area contributed by atoms with Gasteiger partial charge in [0.1, 0.15) is 30.1 Å². The summed E-state index contributed by atoms with van der Waals surface area (Å²) in [4.78, 5) is 70.9. The first kappa shape index (κ1) is 51.3. The highest BCUT2D eigenvalue weighted by molar-refractivity contribution is 6.39. The Labute approximate surface area is 369 Å². The van der Waals surface area contributed by atoms with Crippen LogP contribution in [0.25, 0.3) is 0 Å². The van der Waals surface area contributed by atoms with Gasteiger partial charge in [-0.1, -0.05) is 71.1 Å². The number of aliphatic hydroxyl groups excluding tert-OH is 3. The molecule has 0 aromatic rings. The van der Waals surface area contributed by atoms with Crippen molar-refractivity contribution < 1.29 is 58.6 Å². The van der Waals surface area contributed by atoms with Gasteiger partial charge in [0, 0.05) is 44.2 Å². The number of fused-ring (bicyclic) bond motifs is 3. The van der Waals surface area contributed by atoms with E-state index in [-0.39, 0.29) is 54.6 Å². The van der Waals surface area contributed by atoms with E-state index >= 15 is 0 Å². The highest BCUT2D eigenvalue weighted by Gasteiger charge is 2.53. The fraction of sp³-hybridized carbons (Fsp3) is 0.735. The standard InChI is InChI=1S/C49H75NO12/c1-29-14-10-9-11-15-30(2)41(60-8)27-38-22-17-35(7)49(59,62-38)46(56)47(57)50-23-13-12-16-39(50)48(58)61-42(32(4)26-36-18-20-37(51)21-19-36)28-40(52)31(3)25-34(6)44(54)45(55)43(53)33(5)24-29/h9-11,14-15,25,29,31-33,35-39,41-42,44-45,51,54-55,59H,12-13,16-24,26-28H2,1-8H3/b11-9+,14-10+,30-15+,34-25+/t29-,31-,32-,33-,35-,36?,37?,38+,39+,41+,42+,44-,45+,49-/m1/s1. The van der Waals surface area contributed by atoms with E-state index in [1.807, 2.05) is 51.2 Å². The summed E-state index contributed by atoms with van der Waals surface area (Å²) in [5.74, 6) is -8.23. The first-order valence-electron chi connectivity index (χ1n) is 23.1. The molecule has 0 radical (unpaired) electrons. The third kappa shape index (κ3) is 13.6. The number of piperidine rings is 1. The molecule has 3 aliphatic heterocycles. The van der Waals surface area contributed by atoms with Gasteiger partial charge in [0.25, 0.3) is 11.7 Å². The average Bonchev–Trinajstić information content (AvgIpc) is 3.25. The Balaban J connectivity index is 1.68. The van der Waals surface area contributed by atoms with Crippen LogP contribution in [0, 0.1) is 35.5 Å². The lowest BCUT2D eigenvalue weighted by Gasteiger charge is -2.42. The number of rotatable bonds is 4. The lowest BCUT2D eigenvalue weighted by molar-refractivity contribution is -0.265. The Kier molecular flexibility index (Phi) is 19.5. The molecule has 4 aliphatic rings. The van der Waals surface area contributed by atoms with Crippen LogP contribution in [0.1, 0.15) is 132 Å². The lowest BCUT2D eigenvalue weighted by Crippen LogP contribution is -2.61. The molecule has 348 valence electrons. The van der Waals surface area contributed by atoms with E-state index in [1.54, 1.807) is 34.8 Å². The molecule has 4 rings (SSSR count). The summed E-state index contributed by atoms with van der Waals surface area (Å²) in [7, 11) is 1.57. The first-order valence-corrected chi connectivity index (χ1v) is 23.1. The number of ketones is 3. The molecule has 13 heteroatoms. The van der Waals surface area contributed by atoms with E-state index in [2.05, 4.69) is 0 Å². The van der Waals surface area contributed by atoms with Crippen molar-refractivity contribution in [3.63, 3.8) is 0 Å². The van der Waals surface area contributed by atoms with Crippen molar-refractivity contribution in [1.82, 2.24) is 4.90 Å². The maximum absolute atomic E-state index is 14.2. The Morgan fingerprint density at radius 2 is 1.55 bits per heavy atom. The second kappa shape index (κ2) is 23.6. The molecule has 1 aliphatic carbocycles. The van der Waals surface area contributed by atoms with Gasteiger partial charge in [0.15, 0.2) is 5.78 Å². The number of allylic oxidation sites excluding steroid dienone is 6. The van der Waals surface area contributed by atoms with Crippen LogP contribution in [-0.2, 0) is 38.2 Å². The maximum atomic E-state index is 14.2. The quantitative estimate of drug-likeness (QED) is 0.149. The highest BCUT2D eigenvalue weighted by atomic mass is 16.6. The molecule has 12 atom stereocenters. The van der Waals surface area contributed by atoms with Gasteiger partial charge in [-0.2, -0.15) is 0 Å². The number of carbonyl (C=O) groups is 5. The van der Waals surface area contributed by atoms with Crippen LogP contribution in [0.4, 0.5) is 0 Å². The molecule has 62 heavy (non-hydrogen) atoms. The molecule has 4 N–H and O–H groups in total. The molecule has 3 fully saturated rings. The number of ether oxygens (including phenoxy) is 3. The molecule has 2 bridgehead atoms. The summed E-state index contributed by atoms with van der Waals surface area (Å²) in [6.45, 7) is 12.5. The lowest BCUT2D eigenvalue weighted by atomic mass is 9.79. The average molecular weight is 870 g/mol. The Bertz CT molecular complexity index is 1680. The van der Waals surface area contributed by atoms with Gasteiger partial charge >= 0.3 is 5.97 Å². The predicted molar refractivity (Wildman–Crippen MR) is 234 cm³/mol. The Morgan fingerprint density at radius 1 is 0.855 bits per heavy atom. The van der Waals surface area contributed by atoms with Crippen LogP contribution in [0.5, 0.6) is 0 Å². The number of hydrogen-bond acceptors (Lipinski definition) is 12. The van der Waals surface area contributed by atoms with Gasteiger partial charge in [0.2, 0.25) is 5.79 Å². The van der Waals surface area contributed by atoms with Crippen LogP contribution in [0.15, 0.2) is 47.6 Å². The Hall–Kier alpha value is -3.33. The second-order valence-corrected chi connectivity index (χ2v) is 19.0. The molecule has 0 unspecified atom stereocenters. The fourth-order valence-electron chi connectivity index (χ4n) is 9.61. The number of esters is 1. The van der Waals surface area contributed by atoms with Crippen LogP contribution in [0.2, 0.25) is 0 Å². The molecule has 0 aromatic heterocycles. The SMILES string of the molecule is CO[C@H]1C[C@@H]2CC[C@@H](C)[C@@](O)(O2)C(=O)C(=O)N2CCCC[C@H]2C(=O)O[C@H]([C@H](C)CC2CCC(O)CC2)CC(=O)[C@H](C)/C=C(\C)[C@@H](O)[C@@H](O)C(=O)[C@H](C)C[C@H](C)/C=C/C=C/C=C/1C. The van der Waals surface area contributed by atoms with E-state index in [0.29, 0.717) is 57.8 Å². The monoisotopic (exact) mass is 870 g/mol. The molecule has 1 saturated carbocycles. The van der Waals surface area contributed by atoms with E-state index in [9.17, 15) is 44.4 Å². The zero-order valence-electron chi connectivity index (χ0n) is 38.4. The van der Waals surface area contributed by atoms with Gasteiger partial charge in [-0.05, 0) is 113 Å². The zero-order valence-corrected chi connectivity index (χ0v) is 38.4. The number of methoxy groups -OCH3 is 1. The van der Waals surface area contributed by atoms with E-state index in [4.69, 9.17) is 14.2 Å². The number of nitrogens with zero attached hydrogens (tertiary/aromatic N) is 1. The number of hydrogen-bond donors (Lipinski definition) is 4. The van der Waals surface area contributed by atoms with Crippen molar-refractivity contribution in [3.05, 3.63) is 47.6 Å². The van der Waals surface area contributed by atoms with Crippen molar-refractivity contribution in [3.8, 4) is 0 Å². The largest absolute Gasteiger partial charge is 0.460 e. The molecular formula is C49H75NO12. The van der Waals surface area contributed by atoms with Crippen molar-refractivity contribution in [1.29, 1.82) is 0 Å². The summed E-state index contributed by atoms with van der Waals surface area (Å²) in [5.41, 5.74) is 1.13. The maximum Gasteiger partial charge on any atom is 0.329 e. The van der Waals surface area contributed by atoms with E-state index < -0.39 is 83.5 Å². The van der Waals surface area contributed by atoms with Crippen LogP contribution in [0.3, 0.4) is 0 Å². The van der Waals surface area contributed by atoms with Crippen molar-refractivity contribution in [2.24, 2.45) is 35.5 Å². The van der Waals surface area contributed by atoms with Gasteiger partial charge in [-0.25, -0.2) is 4.79 Å². The third-order valence-corrected chi connectivity index (χ3v) is 13.9. The predicted octanol–water partition coefficient (Wildman–Crippen LogP) is 5.90. The highest BCUT2D eigenvalue weighted by Crippen LogP contribution is 2.37. The molecular weight excluding hydrogens is 795 g/mol. The Morgan fingerprint density at radius 3 is 2.23 bits per heavy atom. The smallest absolute Gasteiger partial charge is 0.329 e. The van der Waals surface area contributed by atoms with Gasteiger partial charge in [-0.3, -0.25) is 19.2 Å². The zero-order chi connectivity index (χ0) is 45.9. The minimum absolute atomic E-state index is 0.0286. The topological polar surface area (TPSA) is 197 Å². The van der Waals surface area contributed by atoms with Crippen molar-refractivity contribution >= 4 is 29.2 Å². The molecule has 1 amide bonds. The summed E-state index contributed by atoms with van der Waals surface area (Å²) in [5, 5.41) is 44.1. The summed E-state index contributed by atoms with van der Waals surface area (Å²) in [6, 6.07) is -1.13. The number of carbonyl (C=O) groups excluding carboxylic acids is 5. The van der Waals surface area contributed by atoms with Crippen LogP contribution >= 0.6 is 0 Å². The van der Waals surface area contributed by atoms with Gasteiger partial charge in [0.05, 0.1) is 18.3 Å². The molecule has 13 nitrogen and oxygen atoms in total. The fourth-order valence-corrected chi connectivity index (χ4v) is 9.61. The number of aliphatic hydroxyl groups is 4. The molecule has 2 saturated heterocycles. The van der Waals surface area contributed by atoms with Crippen LogP contribution in [-0.4, -0.2) is 117 Å².